The third kappa shape index (κ3) is 2.80. The molecule has 2 nitrogen and oxygen atoms in total. The quantitative estimate of drug-likeness (QED) is 0.760. The van der Waals surface area contributed by atoms with Crippen molar-refractivity contribution in [3.05, 3.63) is 35.4 Å². The van der Waals surface area contributed by atoms with Gasteiger partial charge in [0.05, 0.1) is 6.10 Å². The van der Waals surface area contributed by atoms with Gasteiger partial charge in [-0.2, -0.15) is 0 Å². The van der Waals surface area contributed by atoms with Crippen molar-refractivity contribution in [1.29, 1.82) is 0 Å². The van der Waals surface area contributed by atoms with Gasteiger partial charge in [-0.25, -0.2) is 0 Å². The molecule has 1 aromatic rings. The number of nitrogens with one attached hydrogen (secondary N) is 1. The van der Waals surface area contributed by atoms with Gasteiger partial charge >= 0.3 is 0 Å². The number of hydrogen-bond acceptors (Lipinski definition) is 2. The Balaban J connectivity index is 2.09. The maximum atomic E-state index is 5.85. The summed E-state index contributed by atoms with van der Waals surface area (Å²) in [4.78, 5) is 0. The van der Waals surface area contributed by atoms with Crippen LogP contribution in [0.4, 0.5) is 0 Å². The fraction of sp³-hybridized carbons (Fsp3) is 0.538. The van der Waals surface area contributed by atoms with Crippen molar-refractivity contribution < 1.29 is 4.74 Å². The van der Waals surface area contributed by atoms with Crippen LogP contribution in [-0.2, 0) is 4.74 Å². The summed E-state index contributed by atoms with van der Waals surface area (Å²) in [5.41, 5.74) is 2.59. The van der Waals surface area contributed by atoms with E-state index in [1.807, 2.05) is 0 Å². The third-order valence-electron chi connectivity index (χ3n) is 2.94. The van der Waals surface area contributed by atoms with Crippen LogP contribution >= 0.6 is 0 Å². The molecule has 2 atom stereocenters. The van der Waals surface area contributed by atoms with Gasteiger partial charge < -0.3 is 10.1 Å². The van der Waals surface area contributed by atoms with Crippen LogP contribution in [0, 0.1) is 6.92 Å². The number of aryl methyl sites for hydroxylation is 1. The first-order chi connectivity index (χ1) is 7.25. The number of ether oxygens (including phenoxy) is 1. The van der Waals surface area contributed by atoms with Gasteiger partial charge in [-0.1, -0.05) is 29.8 Å². The van der Waals surface area contributed by atoms with E-state index in [-0.39, 0.29) is 6.10 Å². The maximum absolute atomic E-state index is 5.85. The lowest BCUT2D eigenvalue weighted by molar-refractivity contribution is 0.0664. The Morgan fingerprint density at radius 3 is 3.07 bits per heavy atom. The molecule has 0 saturated carbocycles. The fourth-order valence-electron chi connectivity index (χ4n) is 1.94. The summed E-state index contributed by atoms with van der Waals surface area (Å²) in [7, 11) is 0. The summed E-state index contributed by atoms with van der Waals surface area (Å²) >= 11 is 0. The Labute approximate surface area is 91.6 Å². The number of hydrogen-bond donors (Lipinski definition) is 1. The summed E-state index contributed by atoms with van der Waals surface area (Å²) in [6, 6.07) is 9.15. The third-order valence-corrected chi connectivity index (χ3v) is 2.94. The molecule has 1 heterocycles. The molecule has 1 aliphatic rings. The highest BCUT2D eigenvalue weighted by Crippen LogP contribution is 2.20. The van der Waals surface area contributed by atoms with Crippen molar-refractivity contribution in [3.63, 3.8) is 0 Å². The normalized spacial score (nSPS) is 27.3. The van der Waals surface area contributed by atoms with E-state index in [1.165, 1.54) is 11.1 Å². The van der Waals surface area contributed by atoms with Crippen LogP contribution in [0.3, 0.4) is 0 Å². The Morgan fingerprint density at radius 2 is 2.27 bits per heavy atom. The van der Waals surface area contributed by atoms with Crippen molar-refractivity contribution in [3.8, 4) is 0 Å². The Kier molecular flexibility index (Phi) is 3.39. The van der Waals surface area contributed by atoms with E-state index in [0.29, 0.717) is 6.04 Å². The van der Waals surface area contributed by atoms with Gasteiger partial charge in [0, 0.05) is 19.2 Å². The van der Waals surface area contributed by atoms with Gasteiger partial charge in [0.1, 0.15) is 0 Å². The van der Waals surface area contributed by atoms with Gasteiger partial charge in [0.25, 0.3) is 0 Å². The van der Waals surface area contributed by atoms with Gasteiger partial charge in [-0.3, -0.25) is 0 Å². The van der Waals surface area contributed by atoms with Crippen LogP contribution < -0.4 is 5.32 Å². The zero-order valence-electron chi connectivity index (χ0n) is 9.49. The SMILES string of the molecule is Cc1cccc(C2CNC(C)CCO2)c1. The standard InChI is InChI=1S/C13H19NO/c1-10-4-3-5-12(8-10)13-9-14-11(2)6-7-15-13/h3-5,8,11,13-14H,6-7,9H2,1-2H3. The Morgan fingerprint density at radius 1 is 1.40 bits per heavy atom. The topological polar surface area (TPSA) is 21.3 Å². The molecular formula is C13H19NO. The molecule has 0 bridgehead atoms. The minimum absolute atomic E-state index is 0.217. The van der Waals surface area contributed by atoms with Crippen LogP contribution in [0.25, 0.3) is 0 Å². The smallest absolute Gasteiger partial charge is 0.0949 e. The predicted octanol–water partition coefficient (Wildman–Crippen LogP) is 2.43. The molecule has 2 heteroatoms. The first kappa shape index (κ1) is 10.7. The summed E-state index contributed by atoms with van der Waals surface area (Å²) in [5, 5.41) is 3.49. The first-order valence-electron chi connectivity index (χ1n) is 5.67. The van der Waals surface area contributed by atoms with Crippen LogP contribution in [0.2, 0.25) is 0 Å². The second-order valence-corrected chi connectivity index (χ2v) is 4.37. The summed E-state index contributed by atoms with van der Waals surface area (Å²) in [6.45, 7) is 6.11. The molecule has 1 saturated heterocycles. The molecule has 1 aliphatic heterocycles. The van der Waals surface area contributed by atoms with Crippen LogP contribution in [0.15, 0.2) is 24.3 Å². The van der Waals surface area contributed by atoms with Gasteiger partial charge in [0.2, 0.25) is 0 Å². The molecule has 1 aromatic carbocycles. The second-order valence-electron chi connectivity index (χ2n) is 4.37. The molecule has 0 amide bonds. The van der Waals surface area contributed by atoms with Gasteiger partial charge in [0.15, 0.2) is 0 Å². The van der Waals surface area contributed by atoms with E-state index in [4.69, 9.17) is 4.74 Å². The molecule has 2 unspecified atom stereocenters. The molecule has 15 heavy (non-hydrogen) atoms. The number of rotatable bonds is 1. The molecule has 0 radical (unpaired) electrons. The molecule has 2 rings (SSSR count). The molecule has 0 aliphatic carbocycles. The summed E-state index contributed by atoms with van der Waals surface area (Å²) in [6.07, 6.45) is 1.32. The molecule has 0 aromatic heterocycles. The molecule has 82 valence electrons. The van der Waals surface area contributed by atoms with Crippen LogP contribution in [0.5, 0.6) is 0 Å². The lowest BCUT2D eigenvalue weighted by Crippen LogP contribution is -2.27. The van der Waals surface area contributed by atoms with Crippen molar-refractivity contribution in [2.45, 2.75) is 32.4 Å². The molecule has 1 N–H and O–H groups in total. The van der Waals surface area contributed by atoms with Crippen molar-refractivity contribution in [1.82, 2.24) is 5.32 Å². The summed E-state index contributed by atoms with van der Waals surface area (Å²) in [5.74, 6) is 0. The first-order valence-corrected chi connectivity index (χ1v) is 5.67. The van der Waals surface area contributed by atoms with E-state index in [0.717, 1.165) is 19.6 Å². The molecule has 0 spiro atoms. The number of benzene rings is 1. The van der Waals surface area contributed by atoms with E-state index >= 15 is 0 Å². The summed E-state index contributed by atoms with van der Waals surface area (Å²) < 4.78 is 5.85. The molecule has 1 fully saturated rings. The van der Waals surface area contributed by atoms with E-state index in [2.05, 4.69) is 43.4 Å². The van der Waals surface area contributed by atoms with E-state index < -0.39 is 0 Å². The largest absolute Gasteiger partial charge is 0.372 e. The Bertz CT molecular complexity index is 324. The maximum Gasteiger partial charge on any atom is 0.0949 e. The van der Waals surface area contributed by atoms with Crippen molar-refractivity contribution in [2.75, 3.05) is 13.2 Å². The van der Waals surface area contributed by atoms with Gasteiger partial charge in [-0.05, 0) is 25.8 Å². The highest BCUT2D eigenvalue weighted by molar-refractivity contribution is 5.24. The van der Waals surface area contributed by atoms with Crippen molar-refractivity contribution in [2.24, 2.45) is 0 Å². The van der Waals surface area contributed by atoms with Crippen molar-refractivity contribution >= 4 is 0 Å². The minimum Gasteiger partial charge on any atom is -0.372 e. The predicted molar refractivity (Wildman–Crippen MR) is 62.0 cm³/mol. The van der Waals surface area contributed by atoms with E-state index in [1.54, 1.807) is 0 Å². The Hall–Kier alpha value is -0.860. The monoisotopic (exact) mass is 205 g/mol. The van der Waals surface area contributed by atoms with Crippen LogP contribution in [-0.4, -0.2) is 19.2 Å². The zero-order valence-corrected chi connectivity index (χ0v) is 9.49. The highest BCUT2D eigenvalue weighted by atomic mass is 16.5. The fourth-order valence-corrected chi connectivity index (χ4v) is 1.94. The average molecular weight is 205 g/mol. The average Bonchev–Trinajstić information content (AvgIpc) is 2.43. The molecular weight excluding hydrogens is 186 g/mol. The highest BCUT2D eigenvalue weighted by Gasteiger charge is 2.17. The zero-order chi connectivity index (χ0) is 10.7. The van der Waals surface area contributed by atoms with Gasteiger partial charge in [-0.15, -0.1) is 0 Å². The lowest BCUT2D eigenvalue weighted by Gasteiger charge is -2.16. The lowest BCUT2D eigenvalue weighted by atomic mass is 10.1. The minimum atomic E-state index is 0.217. The second kappa shape index (κ2) is 4.77. The van der Waals surface area contributed by atoms with E-state index in [9.17, 15) is 0 Å². The van der Waals surface area contributed by atoms with Crippen LogP contribution in [0.1, 0.15) is 30.6 Å².